The summed E-state index contributed by atoms with van der Waals surface area (Å²) in [6, 6.07) is 26.0. The van der Waals surface area contributed by atoms with E-state index >= 15 is 0 Å². The number of sulfonamides is 1. The van der Waals surface area contributed by atoms with E-state index in [4.69, 9.17) is 16.3 Å². The third-order valence-corrected chi connectivity index (χ3v) is 7.83. The summed E-state index contributed by atoms with van der Waals surface area (Å²) in [5.41, 5.74) is 2.07. The van der Waals surface area contributed by atoms with Gasteiger partial charge in [0.25, 0.3) is 15.9 Å². The van der Waals surface area contributed by atoms with E-state index in [0.29, 0.717) is 28.3 Å². The molecule has 12 heteroatoms. The average molecular weight is 602 g/mol. The van der Waals surface area contributed by atoms with Gasteiger partial charge in [-0.25, -0.2) is 13.8 Å². The molecule has 1 N–H and O–H groups in total. The molecule has 7 nitrogen and oxygen atoms in total. The van der Waals surface area contributed by atoms with Gasteiger partial charge < -0.3 is 4.74 Å². The fraction of sp³-hybridized carbons (Fsp3) is 0.103. The number of carbonyl (C=O) groups excluding carboxylic acids is 1. The van der Waals surface area contributed by atoms with Crippen molar-refractivity contribution in [1.82, 2.24) is 5.43 Å². The minimum atomic E-state index is -4.85. The van der Waals surface area contributed by atoms with Gasteiger partial charge >= 0.3 is 6.18 Å². The number of carbonyl (C=O) groups is 1. The normalized spacial score (nSPS) is 11.8. The molecule has 1 amide bonds. The summed E-state index contributed by atoms with van der Waals surface area (Å²) < 4.78 is 73.8. The van der Waals surface area contributed by atoms with Crippen LogP contribution in [0.5, 0.6) is 5.75 Å². The predicted molar refractivity (Wildman–Crippen MR) is 150 cm³/mol. The van der Waals surface area contributed by atoms with Crippen molar-refractivity contribution in [2.24, 2.45) is 5.10 Å². The molecule has 0 fully saturated rings. The Morgan fingerprint density at radius 1 is 0.927 bits per heavy atom. The zero-order valence-corrected chi connectivity index (χ0v) is 22.8. The first-order valence-corrected chi connectivity index (χ1v) is 13.9. The van der Waals surface area contributed by atoms with Gasteiger partial charge in [-0.2, -0.15) is 18.3 Å². The number of hydrogen-bond donors (Lipinski definition) is 1. The molecule has 0 aliphatic heterocycles. The minimum Gasteiger partial charge on any atom is -0.488 e. The number of ether oxygens (including phenoxy) is 1. The molecule has 41 heavy (non-hydrogen) atoms. The summed E-state index contributed by atoms with van der Waals surface area (Å²) in [4.78, 5) is 12.6. The van der Waals surface area contributed by atoms with Crippen LogP contribution in [-0.4, -0.2) is 27.1 Å². The number of benzene rings is 4. The molecule has 0 atom stereocenters. The van der Waals surface area contributed by atoms with Gasteiger partial charge in [-0.3, -0.25) is 9.10 Å². The largest absolute Gasteiger partial charge is 0.488 e. The molecule has 0 radical (unpaired) electrons. The number of anilines is 1. The van der Waals surface area contributed by atoms with Crippen molar-refractivity contribution in [3.63, 3.8) is 0 Å². The van der Waals surface area contributed by atoms with Crippen molar-refractivity contribution < 1.29 is 31.1 Å². The van der Waals surface area contributed by atoms with E-state index in [1.165, 1.54) is 30.5 Å². The first-order chi connectivity index (χ1) is 19.6. The summed E-state index contributed by atoms with van der Waals surface area (Å²) in [6.45, 7) is -0.564. The number of amides is 1. The van der Waals surface area contributed by atoms with Crippen LogP contribution in [-0.2, 0) is 27.6 Å². The average Bonchev–Trinajstić information content (AvgIpc) is 2.96. The van der Waals surface area contributed by atoms with Crippen molar-refractivity contribution in [2.75, 3.05) is 10.8 Å². The first-order valence-electron chi connectivity index (χ1n) is 12.1. The van der Waals surface area contributed by atoms with Crippen LogP contribution in [0.2, 0.25) is 5.02 Å². The molecule has 4 aromatic carbocycles. The van der Waals surface area contributed by atoms with E-state index in [1.807, 2.05) is 30.3 Å². The van der Waals surface area contributed by atoms with E-state index in [9.17, 15) is 26.4 Å². The third-order valence-electron chi connectivity index (χ3n) is 5.71. The Balaban J connectivity index is 1.55. The van der Waals surface area contributed by atoms with Crippen molar-refractivity contribution >= 4 is 39.4 Å². The molecule has 0 saturated heterocycles. The summed E-state index contributed by atoms with van der Waals surface area (Å²) >= 11 is 5.72. The molecule has 4 rings (SSSR count). The van der Waals surface area contributed by atoms with Gasteiger partial charge in [0.05, 0.1) is 27.4 Å². The molecule has 0 unspecified atom stereocenters. The minimum absolute atomic E-state index is 0.218. The highest BCUT2D eigenvalue weighted by molar-refractivity contribution is 7.92. The highest BCUT2D eigenvalue weighted by Gasteiger charge is 2.35. The van der Waals surface area contributed by atoms with Gasteiger partial charge in [-0.1, -0.05) is 72.3 Å². The molecule has 0 aromatic heterocycles. The number of nitrogens with one attached hydrogen (secondary N) is 1. The van der Waals surface area contributed by atoms with E-state index in [1.54, 1.807) is 30.3 Å². The Morgan fingerprint density at radius 3 is 2.24 bits per heavy atom. The van der Waals surface area contributed by atoms with Gasteiger partial charge in [0.1, 0.15) is 18.9 Å². The van der Waals surface area contributed by atoms with Crippen LogP contribution in [0.3, 0.4) is 0 Å². The summed E-state index contributed by atoms with van der Waals surface area (Å²) in [6.07, 6.45) is -3.53. The van der Waals surface area contributed by atoms with Crippen molar-refractivity contribution in [1.29, 1.82) is 0 Å². The second-order valence-corrected chi connectivity index (χ2v) is 10.9. The maximum absolute atomic E-state index is 13.5. The molecule has 0 saturated carbocycles. The Labute approximate surface area is 239 Å². The van der Waals surface area contributed by atoms with Crippen LogP contribution in [0.15, 0.2) is 113 Å². The van der Waals surface area contributed by atoms with Crippen molar-refractivity contribution in [3.05, 3.63) is 125 Å². The molecule has 212 valence electrons. The van der Waals surface area contributed by atoms with Crippen LogP contribution in [0.1, 0.15) is 16.7 Å². The molecule has 4 aromatic rings. The van der Waals surface area contributed by atoms with Crippen molar-refractivity contribution in [2.45, 2.75) is 17.7 Å². The van der Waals surface area contributed by atoms with E-state index in [0.717, 1.165) is 17.7 Å². The van der Waals surface area contributed by atoms with E-state index in [2.05, 4.69) is 10.5 Å². The molecule has 0 aliphatic carbocycles. The number of hydrogen-bond acceptors (Lipinski definition) is 5. The van der Waals surface area contributed by atoms with Crippen LogP contribution >= 0.6 is 11.6 Å². The lowest BCUT2D eigenvalue weighted by molar-refractivity contribution is -0.137. The summed E-state index contributed by atoms with van der Waals surface area (Å²) in [5, 5.41) is 3.29. The van der Waals surface area contributed by atoms with E-state index < -0.39 is 44.9 Å². The Bertz CT molecular complexity index is 1630. The Morgan fingerprint density at radius 2 is 1.56 bits per heavy atom. The van der Waals surface area contributed by atoms with Gasteiger partial charge in [0.2, 0.25) is 0 Å². The zero-order chi connectivity index (χ0) is 29.5. The molecule has 0 heterocycles. The highest BCUT2D eigenvalue weighted by Crippen LogP contribution is 2.38. The number of para-hydroxylation sites is 1. The van der Waals surface area contributed by atoms with Crippen LogP contribution in [0.25, 0.3) is 0 Å². The van der Waals surface area contributed by atoms with Gasteiger partial charge in [-0.05, 0) is 48.0 Å². The lowest BCUT2D eigenvalue weighted by Crippen LogP contribution is -2.39. The third kappa shape index (κ3) is 7.65. The SMILES string of the molecule is O=C(CN(c1ccc(Cl)c(C(F)(F)F)c1)S(=O)(=O)c1ccccc1)N/N=C\c1ccccc1OCc1ccccc1. The standard InChI is InChI=1S/C29H23ClF3N3O4S/c30-26-16-15-23(17-25(26)29(31,32)33)36(41(38,39)24-12-5-2-6-13-24)19-28(37)35-34-18-22-11-7-8-14-27(22)40-20-21-9-3-1-4-10-21/h1-18H,19-20H2,(H,35,37)/b34-18-. The monoisotopic (exact) mass is 601 g/mol. The van der Waals surface area contributed by atoms with Crippen LogP contribution in [0, 0.1) is 0 Å². The zero-order valence-electron chi connectivity index (χ0n) is 21.3. The smallest absolute Gasteiger partial charge is 0.417 e. The number of nitrogens with zero attached hydrogens (tertiary/aromatic N) is 2. The molecule has 0 bridgehead atoms. The second-order valence-electron chi connectivity index (χ2n) is 8.59. The number of halogens is 4. The molecule has 0 spiro atoms. The quantitative estimate of drug-likeness (QED) is 0.171. The van der Waals surface area contributed by atoms with E-state index in [-0.39, 0.29) is 4.90 Å². The maximum Gasteiger partial charge on any atom is 0.417 e. The van der Waals surface area contributed by atoms with Gasteiger partial charge in [0.15, 0.2) is 0 Å². The van der Waals surface area contributed by atoms with Crippen LogP contribution in [0.4, 0.5) is 18.9 Å². The molecule has 0 aliphatic rings. The molecular weight excluding hydrogens is 579 g/mol. The fourth-order valence-electron chi connectivity index (χ4n) is 3.71. The summed E-state index contributed by atoms with van der Waals surface area (Å²) in [7, 11) is -4.45. The maximum atomic E-state index is 13.5. The second kappa shape index (κ2) is 12.9. The first kappa shape index (κ1) is 29.6. The number of hydrazone groups is 1. The topological polar surface area (TPSA) is 88.1 Å². The fourth-order valence-corrected chi connectivity index (χ4v) is 5.37. The summed E-state index contributed by atoms with van der Waals surface area (Å²) in [5.74, 6) is -0.407. The van der Waals surface area contributed by atoms with Gasteiger partial charge in [0, 0.05) is 5.56 Å². The molecular formula is C29H23ClF3N3O4S. The van der Waals surface area contributed by atoms with Crippen LogP contribution < -0.4 is 14.5 Å². The van der Waals surface area contributed by atoms with Gasteiger partial charge in [-0.15, -0.1) is 0 Å². The number of alkyl halides is 3. The van der Waals surface area contributed by atoms with Crippen molar-refractivity contribution in [3.8, 4) is 5.75 Å². The Kier molecular flexibility index (Phi) is 9.31. The predicted octanol–water partition coefficient (Wildman–Crippen LogP) is 6.28. The highest BCUT2D eigenvalue weighted by atomic mass is 35.5. The lowest BCUT2D eigenvalue weighted by atomic mass is 10.2. The Hall–Kier alpha value is -4.35. The number of rotatable bonds is 10. The lowest BCUT2D eigenvalue weighted by Gasteiger charge is -2.24.